The van der Waals surface area contributed by atoms with Crippen molar-refractivity contribution in [2.24, 2.45) is 5.92 Å². The monoisotopic (exact) mass is 247 g/mol. The van der Waals surface area contributed by atoms with E-state index in [1.807, 2.05) is 6.20 Å². The van der Waals surface area contributed by atoms with E-state index in [0.717, 1.165) is 12.4 Å². The number of nitrogens with one attached hydrogen (secondary N) is 1. The second-order valence-electron chi connectivity index (χ2n) is 5.71. The topological polar surface area (TPSA) is 28.2 Å². The molecule has 0 saturated carbocycles. The Labute approximate surface area is 111 Å². The normalized spacial score (nSPS) is 21.2. The molecule has 0 spiro atoms. The molecule has 0 unspecified atom stereocenters. The van der Waals surface area contributed by atoms with Gasteiger partial charge >= 0.3 is 0 Å². The maximum absolute atomic E-state index is 4.52. The molecule has 1 fully saturated rings. The first-order valence-corrected chi connectivity index (χ1v) is 7.07. The molecule has 1 atom stereocenters. The highest BCUT2D eigenvalue weighted by atomic mass is 15.1. The van der Waals surface area contributed by atoms with Gasteiger partial charge in [0.15, 0.2) is 0 Å². The van der Waals surface area contributed by atoms with E-state index in [1.165, 1.54) is 31.4 Å². The van der Waals surface area contributed by atoms with Gasteiger partial charge in [0.25, 0.3) is 0 Å². The fourth-order valence-corrected chi connectivity index (χ4v) is 2.60. The number of aromatic nitrogens is 1. The van der Waals surface area contributed by atoms with Gasteiger partial charge in [0.05, 0.1) is 0 Å². The molecule has 1 aliphatic rings. The van der Waals surface area contributed by atoms with Crippen LogP contribution in [0.5, 0.6) is 0 Å². The van der Waals surface area contributed by atoms with E-state index < -0.39 is 0 Å². The SMILES string of the molecule is CC(C)CNc1ncccc1[C@@H]1CCCCN1C. The summed E-state index contributed by atoms with van der Waals surface area (Å²) in [4.78, 5) is 6.98. The summed E-state index contributed by atoms with van der Waals surface area (Å²) in [5.41, 5.74) is 1.36. The quantitative estimate of drug-likeness (QED) is 0.884. The van der Waals surface area contributed by atoms with Crippen molar-refractivity contribution in [3.63, 3.8) is 0 Å². The average molecular weight is 247 g/mol. The standard InChI is InChI=1S/C15H25N3/c1-12(2)11-17-15-13(7-6-9-16-15)14-8-4-5-10-18(14)3/h6-7,9,12,14H,4-5,8,10-11H2,1-3H3,(H,16,17)/t14-/m0/s1. The summed E-state index contributed by atoms with van der Waals surface area (Å²) in [5.74, 6) is 1.72. The van der Waals surface area contributed by atoms with Gasteiger partial charge in [0.1, 0.15) is 5.82 Å². The Bertz CT molecular complexity index is 376. The Morgan fingerprint density at radius 1 is 1.44 bits per heavy atom. The molecule has 0 aromatic carbocycles. The van der Waals surface area contributed by atoms with Crippen molar-refractivity contribution in [1.82, 2.24) is 9.88 Å². The highest BCUT2D eigenvalue weighted by molar-refractivity contribution is 5.45. The molecule has 0 bridgehead atoms. The maximum atomic E-state index is 4.52. The third kappa shape index (κ3) is 3.22. The summed E-state index contributed by atoms with van der Waals surface area (Å²) in [6.07, 6.45) is 5.78. The van der Waals surface area contributed by atoms with Gasteiger partial charge in [-0.3, -0.25) is 4.90 Å². The molecule has 0 aliphatic carbocycles. The molecular formula is C15H25N3. The van der Waals surface area contributed by atoms with Crippen LogP contribution in [0.4, 0.5) is 5.82 Å². The highest BCUT2D eigenvalue weighted by Crippen LogP contribution is 2.32. The lowest BCUT2D eigenvalue weighted by Gasteiger charge is -2.33. The Hall–Kier alpha value is -1.09. The molecule has 2 rings (SSSR count). The van der Waals surface area contributed by atoms with Gasteiger partial charge in [-0.2, -0.15) is 0 Å². The first-order valence-electron chi connectivity index (χ1n) is 7.07. The first kappa shape index (κ1) is 13.3. The van der Waals surface area contributed by atoms with Crippen molar-refractivity contribution in [3.8, 4) is 0 Å². The van der Waals surface area contributed by atoms with Crippen molar-refractivity contribution < 1.29 is 0 Å². The summed E-state index contributed by atoms with van der Waals surface area (Å²) in [5, 5.41) is 3.49. The van der Waals surface area contributed by atoms with Crippen LogP contribution in [0.3, 0.4) is 0 Å². The fraction of sp³-hybridized carbons (Fsp3) is 0.667. The average Bonchev–Trinajstić information content (AvgIpc) is 2.37. The minimum Gasteiger partial charge on any atom is -0.370 e. The van der Waals surface area contributed by atoms with Crippen LogP contribution < -0.4 is 5.32 Å². The van der Waals surface area contributed by atoms with E-state index in [-0.39, 0.29) is 0 Å². The summed E-state index contributed by atoms with van der Waals surface area (Å²) in [7, 11) is 2.23. The molecule has 18 heavy (non-hydrogen) atoms. The molecule has 2 heterocycles. The summed E-state index contributed by atoms with van der Waals surface area (Å²) < 4.78 is 0. The molecule has 1 aliphatic heterocycles. The van der Waals surface area contributed by atoms with Gasteiger partial charge in [-0.05, 0) is 38.4 Å². The lowest BCUT2D eigenvalue weighted by molar-refractivity contribution is 0.187. The van der Waals surface area contributed by atoms with Crippen molar-refractivity contribution in [1.29, 1.82) is 0 Å². The summed E-state index contributed by atoms with van der Waals surface area (Å²) in [6.45, 7) is 6.63. The number of anilines is 1. The third-order valence-corrected chi connectivity index (χ3v) is 3.65. The third-order valence-electron chi connectivity index (χ3n) is 3.65. The van der Waals surface area contributed by atoms with Crippen LogP contribution in [0.2, 0.25) is 0 Å². The highest BCUT2D eigenvalue weighted by Gasteiger charge is 2.23. The van der Waals surface area contributed by atoms with E-state index in [1.54, 1.807) is 0 Å². The van der Waals surface area contributed by atoms with E-state index in [0.29, 0.717) is 12.0 Å². The second-order valence-corrected chi connectivity index (χ2v) is 5.71. The molecule has 3 heteroatoms. The molecule has 1 aromatic heterocycles. The lowest BCUT2D eigenvalue weighted by Crippen LogP contribution is -2.30. The number of piperidine rings is 1. The minimum absolute atomic E-state index is 0.530. The number of pyridine rings is 1. The van der Waals surface area contributed by atoms with Crippen molar-refractivity contribution >= 4 is 5.82 Å². The molecule has 0 amide bonds. The van der Waals surface area contributed by atoms with Gasteiger partial charge in [0.2, 0.25) is 0 Å². The molecule has 100 valence electrons. The van der Waals surface area contributed by atoms with Gasteiger partial charge in [0, 0.05) is 24.3 Å². The number of likely N-dealkylation sites (tertiary alicyclic amines) is 1. The number of rotatable bonds is 4. The Morgan fingerprint density at radius 2 is 2.28 bits per heavy atom. The van der Waals surface area contributed by atoms with Crippen LogP contribution in [-0.2, 0) is 0 Å². The van der Waals surface area contributed by atoms with Crippen LogP contribution in [0.15, 0.2) is 18.3 Å². The van der Waals surface area contributed by atoms with E-state index >= 15 is 0 Å². The van der Waals surface area contributed by atoms with E-state index in [4.69, 9.17) is 0 Å². The predicted octanol–water partition coefficient (Wildman–Crippen LogP) is 3.31. The van der Waals surface area contributed by atoms with Gasteiger partial charge in [-0.15, -0.1) is 0 Å². The van der Waals surface area contributed by atoms with Crippen LogP contribution in [0, 0.1) is 5.92 Å². The minimum atomic E-state index is 0.530. The summed E-state index contributed by atoms with van der Waals surface area (Å²) >= 11 is 0. The largest absolute Gasteiger partial charge is 0.370 e. The fourth-order valence-electron chi connectivity index (χ4n) is 2.60. The molecule has 1 aromatic rings. The number of hydrogen-bond acceptors (Lipinski definition) is 3. The van der Waals surface area contributed by atoms with Crippen molar-refractivity contribution in [2.75, 3.05) is 25.5 Å². The zero-order chi connectivity index (χ0) is 13.0. The van der Waals surface area contributed by atoms with Gasteiger partial charge in [-0.1, -0.05) is 26.3 Å². The second kappa shape index (κ2) is 6.19. The molecule has 1 N–H and O–H groups in total. The van der Waals surface area contributed by atoms with Gasteiger partial charge in [-0.25, -0.2) is 4.98 Å². The Morgan fingerprint density at radius 3 is 3.00 bits per heavy atom. The smallest absolute Gasteiger partial charge is 0.130 e. The predicted molar refractivity (Wildman–Crippen MR) is 76.8 cm³/mol. The van der Waals surface area contributed by atoms with E-state index in [9.17, 15) is 0 Å². The Kier molecular flexibility index (Phi) is 4.59. The van der Waals surface area contributed by atoms with Crippen molar-refractivity contribution in [3.05, 3.63) is 23.9 Å². The van der Waals surface area contributed by atoms with E-state index in [2.05, 4.69) is 48.2 Å². The number of hydrogen-bond donors (Lipinski definition) is 1. The zero-order valence-corrected chi connectivity index (χ0v) is 11.8. The van der Waals surface area contributed by atoms with Crippen molar-refractivity contribution in [2.45, 2.75) is 39.2 Å². The number of nitrogens with zero attached hydrogens (tertiary/aromatic N) is 2. The molecule has 0 radical (unpaired) electrons. The molecule has 3 nitrogen and oxygen atoms in total. The Balaban J connectivity index is 2.15. The molecular weight excluding hydrogens is 222 g/mol. The summed E-state index contributed by atoms with van der Waals surface area (Å²) in [6, 6.07) is 4.81. The van der Waals surface area contributed by atoms with Crippen LogP contribution >= 0.6 is 0 Å². The van der Waals surface area contributed by atoms with Crippen LogP contribution in [0.25, 0.3) is 0 Å². The molecule has 1 saturated heterocycles. The lowest BCUT2D eigenvalue weighted by atomic mass is 9.96. The van der Waals surface area contributed by atoms with Gasteiger partial charge < -0.3 is 5.32 Å². The zero-order valence-electron chi connectivity index (χ0n) is 11.8. The first-order chi connectivity index (χ1) is 8.68. The van der Waals surface area contributed by atoms with Crippen LogP contribution in [0.1, 0.15) is 44.7 Å². The maximum Gasteiger partial charge on any atom is 0.130 e. The van der Waals surface area contributed by atoms with Crippen LogP contribution in [-0.4, -0.2) is 30.0 Å².